The number of rotatable bonds is 4. The molecule has 2 aromatic rings. The summed E-state index contributed by atoms with van der Waals surface area (Å²) in [6.45, 7) is 1.66. The van der Waals surface area contributed by atoms with Crippen molar-refractivity contribution in [3.05, 3.63) is 39.7 Å². The Morgan fingerprint density at radius 2 is 1.90 bits per heavy atom. The number of aromatic nitrogens is 1. The molecule has 0 atom stereocenters. The molecule has 0 radical (unpaired) electrons. The van der Waals surface area contributed by atoms with Gasteiger partial charge < -0.3 is 9.63 Å². The molecule has 0 saturated carbocycles. The van der Waals surface area contributed by atoms with Gasteiger partial charge in [0.15, 0.2) is 5.75 Å². The number of hydrogen-bond donors (Lipinski definition) is 2. The number of benzene rings is 1. The third-order valence-electron chi connectivity index (χ3n) is 2.30. The number of sulfonamides is 1. The molecule has 0 amide bonds. The van der Waals surface area contributed by atoms with Crippen molar-refractivity contribution in [1.82, 2.24) is 5.16 Å². The fourth-order valence-corrected chi connectivity index (χ4v) is 3.08. The number of aryl methyl sites for hydroxylation is 1. The predicted octanol–water partition coefficient (Wildman–Crippen LogP) is 2.94. The van der Waals surface area contributed by atoms with Gasteiger partial charge in [-0.3, -0.25) is 4.72 Å². The SMILES string of the molecule is Cc1cc(CS(=O)(=O)Nc2cc(Cl)c(O)c(Cl)c2)no1. The first-order valence-electron chi connectivity index (χ1n) is 5.37. The Morgan fingerprint density at radius 3 is 2.40 bits per heavy atom. The maximum Gasteiger partial charge on any atom is 0.238 e. The number of halogens is 2. The normalized spacial score (nSPS) is 11.6. The van der Waals surface area contributed by atoms with Gasteiger partial charge in [-0.2, -0.15) is 0 Å². The Balaban J connectivity index is 2.20. The molecule has 9 heteroatoms. The highest BCUT2D eigenvalue weighted by atomic mass is 35.5. The molecule has 0 fully saturated rings. The average molecular weight is 337 g/mol. The van der Waals surface area contributed by atoms with Crippen LogP contribution in [0.5, 0.6) is 5.75 Å². The standard InChI is InChI=1S/C11H10Cl2N2O4S/c1-6-2-8(14-19-6)5-20(17,18)15-7-3-9(12)11(16)10(13)4-7/h2-4,15-16H,5H2,1H3. The lowest BCUT2D eigenvalue weighted by Crippen LogP contribution is -2.15. The molecule has 1 heterocycles. The molecule has 1 aromatic heterocycles. The first-order chi connectivity index (χ1) is 9.27. The van der Waals surface area contributed by atoms with Crippen molar-refractivity contribution in [2.24, 2.45) is 0 Å². The number of phenols is 1. The number of phenolic OH excluding ortho intramolecular Hbond substituents is 1. The van der Waals surface area contributed by atoms with Crippen molar-refractivity contribution in [2.45, 2.75) is 12.7 Å². The molecule has 0 unspecified atom stereocenters. The first kappa shape index (κ1) is 15.0. The van der Waals surface area contributed by atoms with Crippen LogP contribution in [0.25, 0.3) is 0 Å². The van der Waals surface area contributed by atoms with Crippen molar-refractivity contribution >= 4 is 38.9 Å². The van der Waals surface area contributed by atoms with Crippen LogP contribution in [0.3, 0.4) is 0 Å². The van der Waals surface area contributed by atoms with Crippen LogP contribution < -0.4 is 4.72 Å². The Bertz CT molecular complexity index is 720. The van der Waals surface area contributed by atoms with E-state index in [-0.39, 0.29) is 32.9 Å². The highest BCUT2D eigenvalue weighted by Crippen LogP contribution is 2.35. The lowest BCUT2D eigenvalue weighted by Gasteiger charge is -2.08. The molecular formula is C11H10Cl2N2O4S. The molecule has 0 saturated heterocycles. The lowest BCUT2D eigenvalue weighted by atomic mass is 10.3. The summed E-state index contributed by atoms with van der Waals surface area (Å²) in [6, 6.07) is 4.04. The molecule has 2 rings (SSSR count). The van der Waals surface area contributed by atoms with Crippen molar-refractivity contribution in [3.8, 4) is 5.75 Å². The molecule has 0 aliphatic heterocycles. The van der Waals surface area contributed by atoms with Crippen LogP contribution in [0.4, 0.5) is 5.69 Å². The Hall–Kier alpha value is -1.44. The van der Waals surface area contributed by atoms with E-state index in [2.05, 4.69) is 9.88 Å². The third-order valence-corrected chi connectivity index (χ3v) is 4.10. The summed E-state index contributed by atoms with van der Waals surface area (Å²) < 4.78 is 31.0. The summed E-state index contributed by atoms with van der Waals surface area (Å²) >= 11 is 11.4. The molecule has 20 heavy (non-hydrogen) atoms. The number of nitrogens with one attached hydrogen (secondary N) is 1. The van der Waals surface area contributed by atoms with Crippen LogP contribution in [0, 0.1) is 6.92 Å². The number of aromatic hydroxyl groups is 1. The van der Waals surface area contributed by atoms with Crippen LogP contribution in [-0.4, -0.2) is 18.7 Å². The van der Waals surface area contributed by atoms with Crippen LogP contribution in [0.15, 0.2) is 22.7 Å². The molecule has 0 aliphatic rings. The van der Waals surface area contributed by atoms with Gasteiger partial charge in [0.1, 0.15) is 17.2 Å². The van der Waals surface area contributed by atoms with Gasteiger partial charge in [0.2, 0.25) is 10.0 Å². The number of anilines is 1. The van der Waals surface area contributed by atoms with E-state index in [9.17, 15) is 13.5 Å². The lowest BCUT2D eigenvalue weighted by molar-refractivity contribution is 0.392. The van der Waals surface area contributed by atoms with Crippen molar-refractivity contribution in [1.29, 1.82) is 0 Å². The van der Waals surface area contributed by atoms with Gasteiger partial charge in [-0.1, -0.05) is 28.4 Å². The van der Waals surface area contributed by atoms with Crippen molar-refractivity contribution in [3.63, 3.8) is 0 Å². The average Bonchev–Trinajstić information content (AvgIpc) is 2.70. The van der Waals surface area contributed by atoms with E-state index in [0.29, 0.717) is 5.76 Å². The molecule has 0 aliphatic carbocycles. The van der Waals surface area contributed by atoms with Crippen LogP contribution in [0.2, 0.25) is 10.0 Å². The van der Waals surface area contributed by atoms with Gasteiger partial charge in [-0.05, 0) is 19.1 Å². The highest BCUT2D eigenvalue weighted by molar-refractivity contribution is 7.91. The van der Waals surface area contributed by atoms with E-state index in [1.165, 1.54) is 18.2 Å². The highest BCUT2D eigenvalue weighted by Gasteiger charge is 2.16. The predicted molar refractivity (Wildman–Crippen MR) is 75.6 cm³/mol. The zero-order chi connectivity index (χ0) is 14.9. The summed E-state index contributed by atoms with van der Waals surface area (Å²) in [5, 5.41) is 12.9. The van der Waals surface area contributed by atoms with Crippen LogP contribution in [0.1, 0.15) is 11.5 Å². The van der Waals surface area contributed by atoms with Gasteiger partial charge in [-0.25, -0.2) is 8.42 Å². The summed E-state index contributed by atoms with van der Waals surface area (Å²) in [6.07, 6.45) is 0. The summed E-state index contributed by atoms with van der Waals surface area (Å²) in [4.78, 5) is 0. The molecule has 0 spiro atoms. The maximum atomic E-state index is 11.9. The quantitative estimate of drug-likeness (QED) is 0.837. The van der Waals surface area contributed by atoms with Crippen LogP contribution >= 0.6 is 23.2 Å². The van der Waals surface area contributed by atoms with Gasteiger partial charge >= 0.3 is 0 Å². The second-order valence-electron chi connectivity index (χ2n) is 4.08. The van der Waals surface area contributed by atoms with Gasteiger partial charge in [0.25, 0.3) is 0 Å². The van der Waals surface area contributed by atoms with Gasteiger partial charge in [0, 0.05) is 6.07 Å². The van der Waals surface area contributed by atoms with E-state index in [1.54, 1.807) is 6.92 Å². The Labute approximate surface area is 125 Å². The molecule has 6 nitrogen and oxygen atoms in total. The van der Waals surface area contributed by atoms with E-state index >= 15 is 0 Å². The summed E-state index contributed by atoms with van der Waals surface area (Å²) in [7, 11) is -3.69. The largest absolute Gasteiger partial charge is 0.505 e. The molecule has 1 aromatic carbocycles. The minimum Gasteiger partial charge on any atom is -0.505 e. The molecule has 2 N–H and O–H groups in total. The second kappa shape index (κ2) is 5.51. The van der Waals surface area contributed by atoms with Gasteiger partial charge in [-0.15, -0.1) is 0 Å². The minimum absolute atomic E-state index is 0.0486. The molecule has 0 bridgehead atoms. The minimum atomic E-state index is -3.69. The molecule has 108 valence electrons. The van der Waals surface area contributed by atoms with Crippen molar-refractivity contribution < 1.29 is 18.0 Å². The van der Waals surface area contributed by atoms with E-state index in [0.717, 1.165) is 0 Å². The Kier molecular flexibility index (Phi) is 4.12. The zero-order valence-electron chi connectivity index (χ0n) is 10.2. The Morgan fingerprint density at radius 1 is 1.30 bits per heavy atom. The summed E-state index contributed by atoms with van der Waals surface area (Å²) in [5.74, 6) is -0.130. The smallest absolute Gasteiger partial charge is 0.238 e. The van der Waals surface area contributed by atoms with Gasteiger partial charge in [0.05, 0.1) is 15.7 Å². The molecular weight excluding hydrogens is 327 g/mol. The van der Waals surface area contributed by atoms with Crippen LogP contribution in [-0.2, 0) is 15.8 Å². The number of hydrogen-bond acceptors (Lipinski definition) is 5. The summed E-state index contributed by atoms with van der Waals surface area (Å²) in [5.41, 5.74) is 0.434. The number of nitrogens with zero attached hydrogens (tertiary/aromatic N) is 1. The second-order valence-corrected chi connectivity index (χ2v) is 6.62. The van der Waals surface area contributed by atoms with E-state index < -0.39 is 10.0 Å². The zero-order valence-corrected chi connectivity index (χ0v) is 12.6. The topological polar surface area (TPSA) is 92.4 Å². The van der Waals surface area contributed by atoms with Crippen molar-refractivity contribution in [2.75, 3.05) is 4.72 Å². The third kappa shape index (κ3) is 3.56. The fourth-order valence-electron chi connectivity index (χ4n) is 1.52. The fraction of sp³-hybridized carbons (Fsp3) is 0.182. The van der Waals surface area contributed by atoms with E-state index in [4.69, 9.17) is 27.7 Å². The monoisotopic (exact) mass is 336 g/mol. The first-order valence-corrected chi connectivity index (χ1v) is 7.78. The van der Waals surface area contributed by atoms with E-state index in [1.807, 2.05) is 0 Å². The maximum absolute atomic E-state index is 11.9.